The van der Waals surface area contributed by atoms with Gasteiger partial charge in [-0.15, -0.1) is 0 Å². The minimum absolute atomic E-state index is 0.332. The first-order valence-corrected chi connectivity index (χ1v) is 11.4. The van der Waals surface area contributed by atoms with Crippen LogP contribution in [0.4, 0.5) is 10.1 Å². The first kappa shape index (κ1) is 20.7. The van der Waals surface area contributed by atoms with Crippen LogP contribution < -0.4 is 5.32 Å². The molecule has 0 saturated carbocycles. The number of carbonyl (C=O) groups is 1. The molecular formula is C23H23FN6OS. The molecule has 0 saturated heterocycles. The van der Waals surface area contributed by atoms with Gasteiger partial charge in [-0.05, 0) is 55.8 Å². The van der Waals surface area contributed by atoms with Crippen molar-refractivity contribution in [3.05, 3.63) is 59.6 Å². The van der Waals surface area contributed by atoms with Crippen LogP contribution in [0.5, 0.6) is 0 Å². The molecule has 1 amide bonds. The lowest BCUT2D eigenvalue weighted by Gasteiger charge is -2.12. The number of anilines is 1. The molecule has 1 aliphatic heterocycles. The summed E-state index contributed by atoms with van der Waals surface area (Å²) < 4.78 is 18.1. The molecule has 0 fully saturated rings. The summed E-state index contributed by atoms with van der Waals surface area (Å²) in [4.78, 5) is 27.8. The molecule has 7 nitrogen and oxygen atoms in total. The Labute approximate surface area is 189 Å². The summed E-state index contributed by atoms with van der Waals surface area (Å²) in [5.41, 5.74) is 2.93. The lowest BCUT2D eigenvalue weighted by Crippen LogP contribution is -2.14. The normalized spacial score (nSPS) is 13.7. The second-order valence-electron chi connectivity index (χ2n) is 7.99. The maximum absolute atomic E-state index is 14.1. The largest absolute Gasteiger partial charge is 0.329 e. The summed E-state index contributed by atoms with van der Waals surface area (Å²) >= 11 is 1.36. The van der Waals surface area contributed by atoms with Gasteiger partial charge >= 0.3 is 0 Å². The van der Waals surface area contributed by atoms with Crippen molar-refractivity contribution in [2.24, 2.45) is 7.05 Å². The number of halogens is 1. The minimum Gasteiger partial charge on any atom is -0.329 e. The Balaban J connectivity index is 1.52. The Morgan fingerprint density at radius 3 is 2.88 bits per heavy atom. The van der Waals surface area contributed by atoms with Gasteiger partial charge in [-0.2, -0.15) is 0 Å². The third-order valence-corrected chi connectivity index (χ3v) is 6.76. The van der Waals surface area contributed by atoms with Crippen molar-refractivity contribution in [2.45, 2.75) is 49.2 Å². The Hall–Kier alpha value is -3.20. The smallest absolute Gasteiger partial charge is 0.258 e. The molecule has 164 valence electrons. The maximum atomic E-state index is 14.1. The Kier molecular flexibility index (Phi) is 5.42. The van der Waals surface area contributed by atoms with E-state index in [1.165, 1.54) is 30.3 Å². The van der Waals surface area contributed by atoms with Crippen LogP contribution in [0.2, 0.25) is 0 Å². The molecule has 4 heterocycles. The number of fused-ring (bicyclic) bond motifs is 3. The number of aryl methyl sites for hydroxylation is 4. The predicted molar refractivity (Wildman–Crippen MR) is 122 cm³/mol. The maximum Gasteiger partial charge on any atom is 0.258 e. The molecule has 5 rings (SSSR count). The fourth-order valence-electron chi connectivity index (χ4n) is 4.02. The van der Waals surface area contributed by atoms with Crippen LogP contribution in [0.1, 0.15) is 41.1 Å². The second-order valence-corrected chi connectivity index (χ2v) is 9.00. The summed E-state index contributed by atoms with van der Waals surface area (Å²) in [7, 11) is 1.89. The zero-order chi connectivity index (χ0) is 22.2. The van der Waals surface area contributed by atoms with E-state index in [-0.39, 0.29) is 5.91 Å². The van der Waals surface area contributed by atoms with Gasteiger partial charge in [-0.3, -0.25) is 4.79 Å². The van der Waals surface area contributed by atoms with Crippen LogP contribution >= 0.6 is 11.8 Å². The Morgan fingerprint density at radius 2 is 2.06 bits per heavy atom. The van der Waals surface area contributed by atoms with Crippen LogP contribution in [0.15, 0.2) is 46.7 Å². The number of hydrogen-bond donors (Lipinski definition) is 1. The van der Waals surface area contributed by atoms with Gasteiger partial charge in [0.1, 0.15) is 17.2 Å². The van der Waals surface area contributed by atoms with E-state index >= 15 is 0 Å². The average Bonchev–Trinajstić information content (AvgIpc) is 3.23. The standard InChI is InChI=1S/C23H23FN6OS/c1-14-12-16(20-21(26-14)30-10-5-3-4-6-19(30)28-20)22(31)27-17-13-15(24)7-8-18(17)32-23-25-9-11-29(23)2/h7-9,11-13H,3-6,10H2,1-2H3,(H,27,31). The number of nitrogens with zero attached hydrogens (tertiary/aromatic N) is 5. The van der Waals surface area contributed by atoms with Crippen LogP contribution in [0, 0.1) is 12.7 Å². The van der Waals surface area contributed by atoms with E-state index in [0.29, 0.717) is 21.7 Å². The van der Waals surface area contributed by atoms with Gasteiger partial charge in [-0.1, -0.05) is 6.42 Å². The lowest BCUT2D eigenvalue weighted by molar-refractivity contribution is 0.102. The molecule has 0 atom stereocenters. The molecule has 32 heavy (non-hydrogen) atoms. The molecule has 0 aliphatic carbocycles. The second kappa shape index (κ2) is 8.38. The van der Waals surface area contributed by atoms with Crippen molar-refractivity contribution in [2.75, 3.05) is 5.32 Å². The van der Waals surface area contributed by atoms with Crippen molar-refractivity contribution in [1.29, 1.82) is 0 Å². The number of rotatable bonds is 4. The zero-order valence-corrected chi connectivity index (χ0v) is 18.7. The van der Waals surface area contributed by atoms with E-state index in [1.54, 1.807) is 18.3 Å². The minimum atomic E-state index is -0.422. The van der Waals surface area contributed by atoms with E-state index in [2.05, 4.69) is 19.9 Å². The van der Waals surface area contributed by atoms with E-state index in [9.17, 15) is 9.18 Å². The molecule has 3 aromatic heterocycles. The SMILES string of the molecule is Cc1cc(C(=O)Nc2cc(F)ccc2Sc2nccn2C)c2nc3n(c2n1)CCCCC3. The molecule has 0 unspecified atom stereocenters. The van der Waals surface area contributed by atoms with Gasteiger partial charge in [-0.25, -0.2) is 19.3 Å². The summed E-state index contributed by atoms with van der Waals surface area (Å²) in [6.07, 6.45) is 7.74. The highest BCUT2D eigenvalue weighted by Crippen LogP contribution is 2.33. The van der Waals surface area contributed by atoms with Crippen LogP contribution in [0.25, 0.3) is 11.2 Å². The van der Waals surface area contributed by atoms with Crippen molar-refractivity contribution in [1.82, 2.24) is 24.1 Å². The van der Waals surface area contributed by atoms with E-state index in [4.69, 9.17) is 4.98 Å². The molecule has 0 bridgehead atoms. The molecule has 0 radical (unpaired) electrons. The van der Waals surface area contributed by atoms with E-state index < -0.39 is 5.82 Å². The average molecular weight is 451 g/mol. The third kappa shape index (κ3) is 3.88. The summed E-state index contributed by atoms with van der Waals surface area (Å²) in [5.74, 6) is 0.219. The number of pyridine rings is 1. The van der Waals surface area contributed by atoms with Crippen LogP contribution in [-0.2, 0) is 20.0 Å². The molecule has 9 heteroatoms. The molecule has 1 N–H and O–H groups in total. The zero-order valence-electron chi connectivity index (χ0n) is 17.9. The first-order chi connectivity index (χ1) is 15.5. The number of hydrogen-bond acceptors (Lipinski definition) is 5. The van der Waals surface area contributed by atoms with Gasteiger partial charge in [0.05, 0.1) is 11.3 Å². The van der Waals surface area contributed by atoms with Crippen LogP contribution in [-0.4, -0.2) is 30.0 Å². The number of carbonyl (C=O) groups excluding carboxylic acids is 1. The number of nitrogens with one attached hydrogen (secondary N) is 1. The van der Waals surface area contributed by atoms with Gasteiger partial charge in [0.15, 0.2) is 10.8 Å². The third-order valence-electron chi connectivity index (χ3n) is 5.61. The van der Waals surface area contributed by atoms with E-state index in [1.807, 2.05) is 24.7 Å². The monoisotopic (exact) mass is 450 g/mol. The fraction of sp³-hybridized carbons (Fsp3) is 0.304. The number of benzene rings is 1. The summed E-state index contributed by atoms with van der Waals surface area (Å²) in [5, 5.41) is 3.64. The van der Waals surface area contributed by atoms with Crippen molar-refractivity contribution >= 4 is 34.5 Å². The molecule has 1 aromatic carbocycles. The fourth-order valence-corrected chi connectivity index (χ4v) is 4.89. The molecule has 4 aromatic rings. The first-order valence-electron chi connectivity index (χ1n) is 10.6. The van der Waals surface area contributed by atoms with Gasteiger partial charge in [0.25, 0.3) is 5.91 Å². The number of aromatic nitrogens is 5. The lowest BCUT2D eigenvalue weighted by atomic mass is 10.1. The van der Waals surface area contributed by atoms with Gasteiger partial charge < -0.3 is 14.5 Å². The predicted octanol–water partition coefficient (Wildman–Crippen LogP) is 4.74. The highest BCUT2D eigenvalue weighted by Gasteiger charge is 2.22. The number of imidazole rings is 2. The molecule has 0 spiro atoms. The summed E-state index contributed by atoms with van der Waals surface area (Å²) in [6.45, 7) is 2.73. The van der Waals surface area contributed by atoms with Crippen molar-refractivity contribution < 1.29 is 9.18 Å². The highest BCUT2D eigenvalue weighted by molar-refractivity contribution is 7.99. The highest BCUT2D eigenvalue weighted by atomic mass is 32.2. The molecular weight excluding hydrogens is 427 g/mol. The quantitative estimate of drug-likeness (QED) is 0.486. The van der Waals surface area contributed by atoms with Crippen LogP contribution in [0.3, 0.4) is 0 Å². The Morgan fingerprint density at radius 1 is 1.19 bits per heavy atom. The van der Waals surface area contributed by atoms with Gasteiger partial charge in [0, 0.05) is 43.0 Å². The topological polar surface area (TPSA) is 77.6 Å². The van der Waals surface area contributed by atoms with Gasteiger partial charge in [0.2, 0.25) is 0 Å². The van der Waals surface area contributed by atoms with Crippen molar-refractivity contribution in [3.63, 3.8) is 0 Å². The van der Waals surface area contributed by atoms with E-state index in [0.717, 1.165) is 48.1 Å². The summed E-state index contributed by atoms with van der Waals surface area (Å²) in [6, 6.07) is 6.10. The van der Waals surface area contributed by atoms with Crippen molar-refractivity contribution in [3.8, 4) is 0 Å². The molecule has 1 aliphatic rings. The Bertz CT molecular complexity index is 1330. The number of amides is 1.